The summed E-state index contributed by atoms with van der Waals surface area (Å²) in [6.07, 6.45) is 2.31. The van der Waals surface area contributed by atoms with Crippen LogP contribution in [0.15, 0.2) is 29.3 Å². The lowest BCUT2D eigenvalue weighted by molar-refractivity contribution is 0.0410. The zero-order chi connectivity index (χ0) is 12.3. The number of benzene rings is 1. The van der Waals surface area contributed by atoms with E-state index in [4.69, 9.17) is 0 Å². The summed E-state index contributed by atoms with van der Waals surface area (Å²) >= 11 is 2.97. The molecule has 1 nitrogen and oxygen atoms in total. The maximum Gasteiger partial charge on any atom is 0.146 e. The molecule has 0 bridgehead atoms. The van der Waals surface area contributed by atoms with E-state index in [9.17, 15) is 13.9 Å². The molecule has 0 aliphatic heterocycles. The van der Waals surface area contributed by atoms with Crippen LogP contribution >= 0.6 is 15.9 Å². The molecule has 88 valence electrons. The van der Waals surface area contributed by atoms with Crippen molar-refractivity contribution in [1.82, 2.24) is 0 Å². The fraction of sp³-hybridized carbons (Fsp3) is 0.333. The van der Waals surface area contributed by atoms with E-state index in [0.29, 0.717) is 6.42 Å². The lowest BCUT2D eigenvalue weighted by Crippen LogP contribution is -2.24. The van der Waals surface area contributed by atoms with E-state index in [1.807, 2.05) is 0 Å². The molecule has 0 heterocycles. The summed E-state index contributed by atoms with van der Waals surface area (Å²) in [6.45, 7) is 4.91. The van der Waals surface area contributed by atoms with Crippen LogP contribution < -0.4 is 0 Å². The maximum atomic E-state index is 13.7. The van der Waals surface area contributed by atoms with E-state index in [-0.39, 0.29) is 16.5 Å². The molecule has 1 atom stereocenters. The predicted octanol–water partition coefficient (Wildman–Crippen LogP) is 3.90. The van der Waals surface area contributed by atoms with E-state index >= 15 is 0 Å². The molecule has 0 aliphatic rings. The minimum atomic E-state index is -1.54. The lowest BCUT2D eigenvalue weighted by Gasteiger charge is -2.24. The zero-order valence-electron chi connectivity index (χ0n) is 8.93. The molecule has 1 aromatic carbocycles. The molecule has 4 heteroatoms. The van der Waals surface area contributed by atoms with Gasteiger partial charge in [0, 0.05) is 0 Å². The van der Waals surface area contributed by atoms with E-state index < -0.39 is 17.2 Å². The summed E-state index contributed by atoms with van der Waals surface area (Å²) in [6, 6.07) is 2.41. The topological polar surface area (TPSA) is 20.2 Å². The molecule has 1 rings (SSSR count). The van der Waals surface area contributed by atoms with Gasteiger partial charge in [0.2, 0.25) is 0 Å². The Labute approximate surface area is 102 Å². The standard InChI is InChI=1S/C12H13BrF2O/c1-3-4-7-12(2,16)10-9(14)6-5-8(13)11(10)15/h3,5-6,16H,1,4,7H2,2H3. The van der Waals surface area contributed by atoms with Gasteiger partial charge >= 0.3 is 0 Å². The van der Waals surface area contributed by atoms with Crippen LogP contribution in [0.25, 0.3) is 0 Å². The normalized spacial score (nSPS) is 14.6. The van der Waals surface area contributed by atoms with E-state index in [1.54, 1.807) is 6.08 Å². The van der Waals surface area contributed by atoms with Crippen LogP contribution in [0.2, 0.25) is 0 Å². The Bertz CT molecular complexity index is 402. The van der Waals surface area contributed by atoms with Crippen LogP contribution in [0.4, 0.5) is 8.78 Å². The molecule has 0 saturated carbocycles. The highest BCUT2D eigenvalue weighted by Gasteiger charge is 2.30. The molecule has 1 unspecified atom stereocenters. The number of aliphatic hydroxyl groups is 1. The van der Waals surface area contributed by atoms with Crippen molar-refractivity contribution < 1.29 is 13.9 Å². The fourth-order valence-corrected chi connectivity index (χ4v) is 1.86. The highest BCUT2D eigenvalue weighted by Crippen LogP contribution is 2.33. The van der Waals surface area contributed by atoms with Crippen molar-refractivity contribution in [2.45, 2.75) is 25.4 Å². The van der Waals surface area contributed by atoms with Gasteiger partial charge in [0.05, 0.1) is 15.6 Å². The summed E-state index contributed by atoms with van der Waals surface area (Å²) in [5.74, 6) is -1.50. The summed E-state index contributed by atoms with van der Waals surface area (Å²) in [4.78, 5) is 0. The molecule has 1 aromatic rings. The van der Waals surface area contributed by atoms with Crippen molar-refractivity contribution in [1.29, 1.82) is 0 Å². The Hall–Kier alpha value is -0.740. The first-order valence-electron chi connectivity index (χ1n) is 4.87. The third-order valence-electron chi connectivity index (χ3n) is 2.42. The Morgan fingerprint density at radius 2 is 2.12 bits per heavy atom. The largest absolute Gasteiger partial charge is 0.385 e. The molecule has 0 aliphatic carbocycles. The Balaban J connectivity index is 3.20. The summed E-state index contributed by atoms with van der Waals surface area (Å²) in [5, 5.41) is 10.1. The summed E-state index contributed by atoms with van der Waals surface area (Å²) < 4.78 is 27.4. The first-order chi connectivity index (χ1) is 7.40. The second kappa shape index (κ2) is 5.06. The van der Waals surface area contributed by atoms with Crippen molar-refractivity contribution in [2.24, 2.45) is 0 Å². The second-order valence-corrected chi connectivity index (χ2v) is 4.67. The van der Waals surface area contributed by atoms with Crippen molar-refractivity contribution >= 4 is 15.9 Å². The number of rotatable bonds is 4. The Morgan fingerprint density at radius 1 is 1.50 bits per heavy atom. The molecule has 0 fully saturated rings. The van der Waals surface area contributed by atoms with Crippen LogP contribution in [0, 0.1) is 11.6 Å². The molecular formula is C12H13BrF2O. The minimum absolute atomic E-state index is 0.141. The smallest absolute Gasteiger partial charge is 0.146 e. The number of allylic oxidation sites excluding steroid dienone is 1. The number of halogens is 3. The summed E-state index contributed by atoms with van der Waals surface area (Å²) in [5.41, 5.74) is -1.84. The Kier molecular flexibility index (Phi) is 4.21. The van der Waals surface area contributed by atoms with Crippen LogP contribution in [0.5, 0.6) is 0 Å². The molecular weight excluding hydrogens is 278 g/mol. The van der Waals surface area contributed by atoms with Crippen LogP contribution in [-0.2, 0) is 5.60 Å². The zero-order valence-corrected chi connectivity index (χ0v) is 10.5. The van der Waals surface area contributed by atoms with E-state index in [0.717, 1.165) is 6.07 Å². The predicted molar refractivity (Wildman–Crippen MR) is 63.1 cm³/mol. The van der Waals surface area contributed by atoms with Crippen LogP contribution in [-0.4, -0.2) is 5.11 Å². The lowest BCUT2D eigenvalue weighted by atomic mass is 9.90. The molecule has 0 amide bonds. The van der Waals surface area contributed by atoms with Gasteiger partial charge in [0.25, 0.3) is 0 Å². The van der Waals surface area contributed by atoms with Gasteiger partial charge in [-0.25, -0.2) is 8.78 Å². The molecule has 1 N–H and O–H groups in total. The average Bonchev–Trinajstić information content (AvgIpc) is 2.21. The molecule has 0 saturated heterocycles. The second-order valence-electron chi connectivity index (χ2n) is 3.82. The first-order valence-corrected chi connectivity index (χ1v) is 5.66. The SMILES string of the molecule is C=CCCC(C)(O)c1c(F)ccc(Br)c1F. The maximum absolute atomic E-state index is 13.7. The molecule has 0 spiro atoms. The van der Waals surface area contributed by atoms with Gasteiger partial charge < -0.3 is 5.11 Å². The highest BCUT2D eigenvalue weighted by atomic mass is 79.9. The van der Waals surface area contributed by atoms with Gasteiger partial charge in [-0.15, -0.1) is 6.58 Å². The first kappa shape index (κ1) is 13.3. The van der Waals surface area contributed by atoms with Gasteiger partial charge in [-0.2, -0.15) is 0 Å². The van der Waals surface area contributed by atoms with Crippen LogP contribution in [0.1, 0.15) is 25.3 Å². The third-order valence-corrected chi connectivity index (χ3v) is 3.03. The van der Waals surface area contributed by atoms with Crippen LogP contribution in [0.3, 0.4) is 0 Å². The average molecular weight is 291 g/mol. The fourth-order valence-electron chi connectivity index (χ4n) is 1.53. The van der Waals surface area contributed by atoms with E-state index in [2.05, 4.69) is 22.5 Å². The quantitative estimate of drug-likeness (QED) is 0.659. The highest BCUT2D eigenvalue weighted by molar-refractivity contribution is 9.10. The van der Waals surface area contributed by atoms with Crippen molar-refractivity contribution in [3.8, 4) is 0 Å². The van der Waals surface area contributed by atoms with E-state index in [1.165, 1.54) is 13.0 Å². The van der Waals surface area contributed by atoms with Gasteiger partial charge in [0.15, 0.2) is 0 Å². The molecule has 16 heavy (non-hydrogen) atoms. The van der Waals surface area contributed by atoms with Gasteiger partial charge in [-0.05, 0) is 47.8 Å². The monoisotopic (exact) mass is 290 g/mol. The molecule has 0 radical (unpaired) electrons. The Morgan fingerprint density at radius 3 is 2.69 bits per heavy atom. The van der Waals surface area contributed by atoms with Gasteiger partial charge in [-0.1, -0.05) is 6.08 Å². The third kappa shape index (κ3) is 2.68. The van der Waals surface area contributed by atoms with Crippen molar-refractivity contribution in [3.05, 3.63) is 46.5 Å². The van der Waals surface area contributed by atoms with Crippen molar-refractivity contribution in [2.75, 3.05) is 0 Å². The van der Waals surface area contributed by atoms with Gasteiger partial charge in [0.1, 0.15) is 11.6 Å². The number of hydrogen-bond acceptors (Lipinski definition) is 1. The van der Waals surface area contributed by atoms with Gasteiger partial charge in [-0.3, -0.25) is 0 Å². The number of hydrogen-bond donors (Lipinski definition) is 1. The summed E-state index contributed by atoms with van der Waals surface area (Å²) in [7, 11) is 0. The minimum Gasteiger partial charge on any atom is -0.385 e. The van der Waals surface area contributed by atoms with Crippen molar-refractivity contribution in [3.63, 3.8) is 0 Å². The molecule has 0 aromatic heterocycles.